The van der Waals surface area contributed by atoms with Gasteiger partial charge in [0.1, 0.15) is 0 Å². The number of esters is 1. The number of nitrogens with zero attached hydrogens (tertiary/aromatic N) is 2. The Morgan fingerprint density at radius 2 is 1.21 bits per heavy atom. The molecule has 1 amide bonds. The monoisotopic (exact) mass is 680 g/mol. The smallest absolute Gasteiger partial charge is 0.305 e. The van der Waals surface area contributed by atoms with Gasteiger partial charge >= 0.3 is 5.97 Å². The third-order valence-electron chi connectivity index (χ3n) is 10.7. The van der Waals surface area contributed by atoms with Crippen molar-refractivity contribution in [2.24, 2.45) is 5.92 Å². The number of carbonyl (C=O) groups is 2. The molecule has 0 aromatic heterocycles. The molecule has 1 fully saturated rings. The molecule has 0 spiro atoms. The number of hydrogen-bond donors (Lipinski definition) is 2. The van der Waals surface area contributed by atoms with E-state index in [4.69, 9.17) is 4.74 Å². The molecule has 0 heterocycles. The van der Waals surface area contributed by atoms with Crippen molar-refractivity contribution in [1.82, 2.24) is 15.1 Å². The van der Waals surface area contributed by atoms with Crippen molar-refractivity contribution in [1.29, 1.82) is 0 Å². The summed E-state index contributed by atoms with van der Waals surface area (Å²) in [5.41, 5.74) is 0. The summed E-state index contributed by atoms with van der Waals surface area (Å²) < 4.78 is 4.80. The van der Waals surface area contributed by atoms with E-state index in [2.05, 4.69) is 29.0 Å². The molecular formula is C41H81N3O4. The highest BCUT2D eigenvalue weighted by atomic mass is 16.5. The minimum atomic E-state index is -0.117. The fourth-order valence-electron chi connectivity index (χ4n) is 7.46. The molecule has 0 aromatic carbocycles. The molecule has 0 unspecified atom stereocenters. The molecule has 1 aliphatic rings. The third kappa shape index (κ3) is 25.7. The number of nitrogens with one attached hydrogen (secondary N) is 1. The van der Waals surface area contributed by atoms with E-state index in [1.54, 1.807) is 0 Å². The van der Waals surface area contributed by atoms with Crippen molar-refractivity contribution < 1.29 is 19.4 Å². The molecule has 1 rings (SSSR count). The zero-order chi connectivity index (χ0) is 34.9. The van der Waals surface area contributed by atoms with Gasteiger partial charge in [0.25, 0.3) is 0 Å². The maximum Gasteiger partial charge on any atom is 0.305 e. The number of unbranched alkanes of at least 4 members (excludes halogenated alkanes) is 14. The number of methoxy groups -OCH3 is 1. The average Bonchev–Trinajstić information content (AvgIpc) is 3.10. The Morgan fingerprint density at radius 1 is 0.667 bits per heavy atom. The van der Waals surface area contributed by atoms with Gasteiger partial charge in [-0.3, -0.25) is 14.5 Å². The molecule has 0 aliphatic heterocycles. The van der Waals surface area contributed by atoms with Gasteiger partial charge in [-0.2, -0.15) is 0 Å². The summed E-state index contributed by atoms with van der Waals surface area (Å²) in [5, 5.41) is 13.1. The van der Waals surface area contributed by atoms with Gasteiger partial charge in [-0.1, -0.05) is 123 Å². The number of rotatable bonds is 34. The van der Waals surface area contributed by atoms with E-state index in [1.807, 2.05) is 0 Å². The molecule has 0 aromatic rings. The highest BCUT2D eigenvalue weighted by Crippen LogP contribution is 2.23. The van der Waals surface area contributed by atoms with Gasteiger partial charge in [0.15, 0.2) is 0 Å². The Labute approximate surface area is 298 Å². The highest BCUT2D eigenvalue weighted by molar-refractivity contribution is 5.75. The Kier molecular flexibility index (Phi) is 30.8. The van der Waals surface area contributed by atoms with Crippen LogP contribution in [0, 0.1) is 5.92 Å². The standard InChI is InChI=1S/C41H81N3O4/c1-4-6-8-10-12-17-25-38(26-18-13-11-9-7-5-2)37-42-40(46)29-21-15-23-31-43(32-24-16-22-30-41(47)48-3)33-34-44(35-36-45)39-27-19-14-20-28-39/h38-39,45H,4-37H2,1-3H3,(H,42,46). The van der Waals surface area contributed by atoms with Crippen LogP contribution in [0.1, 0.15) is 187 Å². The van der Waals surface area contributed by atoms with E-state index in [0.29, 0.717) is 24.8 Å². The zero-order valence-corrected chi connectivity index (χ0v) is 32.3. The second-order valence-electron chi connectivity index (χ2n) is 14.9. The van der Waals surface area contributed by atoms with Gasteiger partial charge in [-0.05, 0) is 70.4 Å². The summed E-state index contributed by atoms with van der Waals surface area (Å²) in [6.45, 7) is 10.5. The Balaban J connectivity index is 2.44. The Morgan fingerprint density at radius 3 is 1.77 bits per heavy atom. The summed E-state index contributed by atoms with van der Waals surface area (Å²) in [6, 6.07) is 0.613. The Bertz CT molecular complexity index is 714. The normalized spacial score (nSPS) is 14.0. The molecule has 0 bridgehead atoms. The van der Waals surface area contributed by atoms with Crippen molar-refractivity contribution >= 4 is 11.9 Å². The molecule has 7 heteroatoms. The maximum atomic E-state index is 12.8. The second kappa shape index (κ2) is 33.0. The van der Waals surface area contributed by atoms with Gasteiger partial charge in [-0.15, -0.1) is 0 Å². The first-order chi connectivity index (χ1) is 23.5. The van der Waals surface area contributed by atoms with Crippen molar-refractivity contribution in [2.75, 3.05) is 53.0 Å². The van der Waals surface area contributed by atoms with E-state index < -0.39 is 0 Å². The number of amides is 1. The van der Waals surface area contributed by atoms with E-state index in [1.165, 1.54) is 129 Å². The fraction of sp³-hybridized carbons (Fsp3) is 0.951. The van der Waals surface area contributed by atoms with Gasteiger partial charge < -0.3 is 20.1 Å². The molecular weight excluding hydrogens is 598 g/mol. The van der Waals surface area contributed by atoms with Crippen LogP contribution in [-0.2, 0) is 14.3 Å². The zero-order valence-electron chi connectivity index (χ0n) is 32.3. The van der Waals surface area contributed by atoms with Crippen LogP contribution in [0.25, 0.3) is 0 Å². The van der Waals surface area contributed by atoms with Gasteiger partial charge in [0.2, 0.25) is 5.91 Å². The molecule has 0 radical (unpaired) electrons. The number of carbonyl (C=O) groups excluding carboxylic acids is 2. The summed E-state index contributed by atoms with van der Waals surface area (Å²) in [4.78, 5) is 29.4. The quantitative estimate of drug-likeness (QED) is 0.0521. The van der Waals surface area contributed by atoms with Crippen molar-refractivity contribution in [2.45, 2.75) is 193 Å². The summed E-state index contributed by atoms with van der Waals surface area (Å²) in [6.07, 6.45) is 32.3. The van der Waals surface area contributed by atoms with E-state index in [-0.39, 0.29) is 18.5 Å². The topological polar surface area (TPSA) is 82.1 Å². The van der Waals surface area contributed by atoms with Crippen LogP contribution in [0.4, 0.5) is 0 Å². The molecule has 7 nitrogen and oxygen atoms in total. The van der Waals surface area contributed by atoms with Crippen molar-refractivity contribution in [3.8, 4) is 0 Å². The van der Waals surface area contributed by atoms with E-state index in [9.17, 15) is 14.7 Å². The minimum absolute atomic E-state index is 0.117. The van der Waals surface area contributed by atoms with Crippen LogP contribution in [0.5, 0.6) is 0 Å². The number of hydrogen-bond acceptors (Lipinski definition) is 6. The third-order valence-corrected chi connectivity index (χ3v) is 10.7. The largest absolute Gasteiger partial charge is 0.469 e. The fourth-order valence-corrected chi connectivity index (χ4v) is 7.46. The highest BCUT2D eigenvalue weighted by Gasteiger charge is 2.21. The SMILES string of the molecule is CCCCCCCCC(CCCCCCCC)CNC(=O)CCCCCN(CCCCCC(=O)OC)CCN(CCO)C1CCCCC1. The summed E-state index contributed by atoms with van der Waals surface area (Å²) >= 11 is 0. The van der Waals surface area contributed by atoms with Crippen LogP contribution in [0.15, 0.2) is 0 Å². The van der Waals surface area contributed by atoms with Gasteiger partial charge in [-0.25, -0.2) is 0 Å². The minimum Gasteiger partial charge on any atom is -0.469 e. The second-order valence-corrected chi connectivity index (χ2v) is 14.9. The lowest BCUT2D eigenvalue weighted by atomic mass is 9.94. The molecule has 284 valence electrons. The molecule has 48 heavy (non-hydrogen) atoms. The first-order valence-corrected chi connectivity index (χ1v) is 20.9. The molecule has 0 atom stereocenters. The lowest BCUT2D eigenvalue weighted by molar-refractivity contribution is -0.140. The van der Waals surface area contributed by atoms with Crippen LogP contribution in [0.2, 0.25) is 0 Å². The molecule has 0 saturated heterocycles. The first-order valence-electron chi connectivity index (χ1n) is 20.9. The predicted octanol–water partition coefficient (Wildman–Crippen LogP) is 9.44. The van der Waals surface area contributed by atoms with Gasteiger partial charge in [0.05, 0.1) is 13.7 Å². The van der Waals surface area contributed by atoms with Crippen LogP contribution < -0.4 is 5.32 Å². The Hall–Kier alpha value is -1.18. The van der Waals surface area contributed by atoms with Crippen LogP contribution in [-0.4, -0.2) is 85.8 Å². The number of aliphatic hydroxyl groups excluding tert-OH is 1. The summed E-state index contributed by atoms with van der Waals surface area (Å²) in [5.74, 6) is 0.751. The van der Waals surface area contributed by atoms with Crippen molar-refractivity contribution in [3.63, 3.8) is 0 Å². The number of ether oxygens (including phenoxy) is 1. The lowest BCUT2D eigenvalue weighted by Crippen LogP contribution is -2.43. The predicted molar refractivity (Wildman–Crippen MR) is 203 cm³/mol. The van der Waals surface area contributed by atoms with Gasteiger partial charge in [0, 0.05) is 45.1 Å². The first kappa shape index (κ1) is 44.8. The molecule has 2 N–H and O–H groups in total. The molecule has 1 aliphatic carbocycles. The van der Waals surface area contributed by atoms with Crippen LogP contribution in [0.3, 0.4) is 0 Å². The number of aliphatic hydroxyl groups is 1. The average molecular weight is 680 g/mol. The maximum absolute atomic E-state index is 12.8. The van der Waals surface area contributed by atoms with E-state index in [0.717, 1.165) is 77.8 Å². The van der Waals surface area contributed by atoms with Crippen LogP contribution >= 0.6 is 0 Å². The lowest BCUT2D eigenvalue weighted by Gasteiger charge is -2.35. The van der Waals surface area contributed by atoms with E-state index >= 15 is 0 Å². The molecule has 1 saturated carbocycles. The summed E-state index contributed by atoms with van der Waals surface area (Å²) in [7, 11) is 1.46. The van der Waals surface area contributed by atoms with Crippen molar-refractivity contribution in [3.05, 3.63) is 0 Å².